The summed E-state index contributed by atoms with van der Waals surface area (Å²) in [5, 5.41) is 12.9. The van der Waals surface area contributed by atoms with Crippen molar-refractivity contribution >= 4 is 23.7 Å². The smallest absolute Gasteiger partial charge is 0.244 e. The molecule has 4 nitrogen and oxygen atoms in total. The van der Waals surface area contributed by atoms with Crippen molar-refractivity contribution in [2.24, 2.45) is 0 Å². The van der Waals surface area contributed by atoms with Gasteiger partial charge in [-0.15, -0.1) is 11.8 Å². The number of amides is 1. The second kappa shape index (κ2) is 7.33. The normalized spacial score (nSPS) is 14.0. The largest absolute Gasteiger partial charge is 0.466 e. The van der Waals surface area contributed by atoms with Gasteiger partial charge in [0.05, 0.1) is 12.8 Å². The lowest BCUT2D eigenvalue weighted by atomic mass is 10.0. The molecule has 0 saturated carbocycles. The highest BCUT2D eigenvalue weighted by atomic mass is 32.2. The van der Waals surface area contributed by atoms with Crippen molar-refractivity contribution < 1.29 is 14.3 Å². The van der Waals surface area contributed by atoms with Crippen LogP contribution in [0.4, 0.5) is 0 Å². The van der Waals surface area contributed by atoms with Crippen LogP contribution in [0.1, 0.15) is 18.2 Å². The molecule has 1 aromatic heterocycles. The fourth-order valence-corrected chi connectivity index (χ4v) is 2.29. The van der Waals surface area contributed by atoms with Gasteiger partial charge in [0.25, 0.3) is 0 Å². The van der Waals surface area contributed by atoms with Crippen LogP contribution >= 0.6 is 11.8 Å². The van der Waals surface area contributed by atoms with Crippen molar-refractivity contribution in [2.45, 2.75) is 17.4 Å². The topological polar surface area (TPSA) is 62.5 Å². The van der Waals surface area contributed by atoms with E-state index in [-0.39, 0.29) is 12.5 Å². The number of hydrogen-bond donors (Lipinski definition) is 2. The fourth-order valence-electron chi connectivity index (χ4n) is 1.88. The Morgan fingerprint density at radius 1 is 1.36 bits per heavy atom. The predicted molar refractivity (Wildman–Crippen MR) is 88.5 cm³/mol. The minimum atomic E-state index is -1.23. The quantitative estimate of drug-likeness (QED) is 0.635. The molecule has 1 aromatic carbocycles. The van der Waals surface area contributed by atoms with Gasteiger partial charge in [-0.2, -0.15) is 0 Å². The van der Waals surface area contributed by atoms with Gasteiger partial charge in [-0.25, -0.2) is 0 Å². The van der Waals surface area contributed by atoms with E-state index in [2.05, 4.69) is 5.32 Å². The third-order valence-corrected chi connectivity index (χ3v) is 3.95. The highest BCUT2D eigenvalue weighted by Crippen LogP contribution is 2.19. The van der Waals surface area contributed by atoms with Crippen LogP contribution in [-0.4, -0.2) is 23.8 Å². The Labute approximate surface area is 134 Å². The second-order valence-corrected chi connectivity index (χ2v) is 5.96. The van der Waals surface area contributed by atoms with Crippen LogP contribution in [0.15, 0.2) is 58.1 Å². The molecule has 2 aromatic rings. The summed E-state index contributed by atoms with van der Waals surface area (Å²) in [5.74, 6) is 0.158. The molecular weight excluding hydrogens is 298 g/mol. The highest BCUT2D eigenvalue weighted by molar-refractivity contribution is 7.98. The highest BCUT2D eigenvalue weighted by Gasteiger charge is 2.26. The molecular formula is C17H19NO3S. The molecule has 0 aliphatic carbocycles. The zero-order valence-corrected chi connectivity index (χ0v) is 13.4. The number of carbonyl (C=O) groups excluding carboxylic acids is 1. The maximum absolute atomic E-state index is 11.8. The zero-order chi connectivity index (χ0) is 16.0. The molecule has 0 aliphatic rings. The summed E-state index contributed by atoms with van der Waals surface area (Å²) in [7, 11) is 0. The molecule has 0 aliphatic heterocycles. The van der Waals surface area contributed by atoms with Crippen molar-refractivity contribution in [1.82, 2.24) is 5.32 Å². The molecule has 2 N–H and O–H groups in total. The van der Waals surface area contributed by atoms with Crippen LogP contribution in [0.2, 0.25) is 0 Å². The Morgan fingerprint density at radius 3 is 2.68 bits per heavy atom. The van der Waals surface area contributed by atoms with E-state index >= 15 is 0 Å². The van der Waals surface area contributed by atoms with E-state index in [1.165, 1.54) is 17.2 Å². The van der Waals surface area contributed by atoms with Crippen LogP contribution in [0, 0.1) is 0 Å². The minimum absolute atomic E-state index is 0.0785. The van der Waals surface area contributed by atoms with Gasteiger partial charge in [-0.3, -0.25) is 4.79 Å². The fraction of sp³-hybridized carbons (Fsp3) is 0.235. The molecule has 0 saturated heterocycles. The van der Waals surface area contributed by atoms with E-state index in [0.29, 0.717) is 5.76 Å². The molecule has 1 heterocycles. The average Bonchev–Trinajstić information content (AvgIpc) is 3.07. The van der Waals surface area contributed by atoms with Crippen molar-refractivity contribution in [2.75, 3.05) is 12.8 Å². The number of rotatable bonds is 6. The van der Waals surface area contributed by atoms with E-state index in [1.54, 1.807) is 36.9 Å². The van der Waals surface area contributed by atoms with Gasteiger partial charge in [0, 0.05) is 11.0 Å². The van der Waals surface area contributed by atoms with Crippen LogP contribution in [0.3, 0.4) is 0 Å². The van der Waals surface area contributed by atoms with Gasteiger partial charge in [0.15, 0.2) is 0 Å². The number of nitrogens with one attached hydrogen (secondary N) is 1. The summed E-state index contributed by atoms with van der Waals surface area (Å²) in [6, 6.07) is 11.3. The van der Waals surface area contributed by atoms with Crippen LogP contribution in [-0.2, 0) is 10.4 Å². The molecule has 0 bridgehead atoms. The first kappa shape index (κ1) is 16.4. The number of aliphatic hydroxyl groups is 1. The second-order valence-electron chi connectivity index (χ2n) is 5.08. The van der Waals surface area contributed by atoms with Crippen molar-refractivity contribution in [3.8, 4) is 0 Å². The maximum Gasteiger partial charge on any atom is 0.244 e. The lowest BCUT2D eigenvalue weighted by molar-refractivity contribution is -0.117. The Kier molecular flexibility index (Phi) is 5.46. The summed E-state index contributed by atoms with van der Waals surface area (Å²) in [5.41, 5.74) is -0.279. The van der Waals surface area contributed by atoms with Crippen molar-refractivity contribution in [1.29, 1.82) is 0 Å². The third-order valence-electron chi connectivity index (χ3n) is 3.20. The number of furan rings is 1. The SMILES string of the molecule is CSc1ccc(/C=C/C(=O)NCC(C)(O)c2ccco2)cc1. The van der Waals surface area contributed by atoms with E-state index in [9.17, 15) is 9.90 Å². The van der Waals surface area contributed by atoms with Crippen LogP contribution in [0.5, 0.6) is 0 Å². The first-order valence-corrected chi connectivity index (χ1v) is 8.10. The van der Waals surface area contributed by atoms with E-state index in [1.807, 2.05) is 30.5 Å². The molecule has 0 spiro atoms. The molecule has 22 heavy (non-hydrogen) atoms. The molecule has 1 amide bonds. The van der Waals surface area contributed by atoms with Crippen LogP contribution < -0.4 is 5.32 Å². The maximum atomic E-state index is 11.8. The summed E-state index contributed by atoms with van der Waals surface area (Å²) in [6.45, 7) is 1.67. The summed E-state index contributed by atoms with van der Waals surface area (Å²) >= 11 is 1.67. The van der Waals surface area contributed by atoms with Gasteiger partial charge >= 0.3 is 0 Å². The number of hydrogen-bond acceptors (Lipinski definition) is 4. The Balaban J connectivity index is 1.88. The molecule has 1 atom stereocenters. The van der Waals surface area contributed by atoms with Gasteiger partial charge in [-0.1, -0.05) is 12.1 Å². The number of benzene rings is 1. The van der Waals surface area contributed by atoms with E-state index in [4.69, 9.17) is 4.42 Å². The van der Waals surface area contributed by atoms with Crippen molar-refractivity contribution in [3.05, 3.63) is 60.1 Å². The summed E-state index contributed by atoms with van der Waals surface area (Å²) in [4.78, 5) is 13.0. The Bertz CT molecular complexity index is 630. The van der Waals surface area contributed by atoms with Crippen LogP contribution in [0.25, 0.3) is 6.08 Å². The monoisotopic (exact) mass is 317 g/mol. The van der Waals surface area contributed by atoms with Gasteiger partial charge in [0.1, 0.15) is 11.4 Å². The molecule has 0 fully saturated rings. The molecule has 116 valence electrons. The first-order valence-electron chi connectivity index (χ1n) is 6.87. The molecule has 1 unspecified atom stereocenters. The third kappa shape index (κ3) is 4.51. The standard InChI is InChI=1S/C17H19NO3S/c1-17(20,15-4-3-11-21-15)12-18-16(19)10-7-13-5-8-14(22-2)9-6-13/h3-11,20H,12H2,1-2H3,(H,18,19)/b10-7+. The van der Waals surface area contributed by atoms with Gasteiger partial charge in [-0.05, 0) is 49.1 Å². The molecule has 0 radical (unpaired) electrons. The Morgan fingerprint density at radius 2 is 2.09 bits per heavy atom. The Hall–Kier alpha value is -1.98. The molecule has 5 heteroatoms. The lowest BCUT2D eigenvalue weighted by Gasteiger charge is -2.20. The van der Waals surface area contributed by atoms with Gasteiger partial charge in [0.2, 0.25) is 5.91 Å². The summed E-state index contributed by atoms with van der Waals surface area (Å²) < 4.78 is 5.16. The lowest BCUT2D eigenvalue weighted by Crippen LogP contribution is -2.37. The van der Waals surface area contributed by atoms with Crippen molar-refractivity contribution in [3.63, 3.8) is 0 Å². The van der Waals surface area contributed by atoms with E-state index < -0.39 is 5.60 Å². The first-order chi connectivity index (χ1) is 10.5. The van der Waals surface area contributed by atoms with Gasteiger partial charge < -0.3 is 14.8 Å². The molecule has 2 rings (SSSR count). The minimum Gasteiger partial charge on any atom is -0.466 e. The number of thioether (sulfide) groups is 1. The number of carbonyl (C=O) groups is 1. The average molecular weight is 317 g/mol. The summed E-state index contributed by atoms with van der Waals surface area (Å²) in [6.07, 6.45) is 6.69. The predicted octanol–water partition coefficient (Wildman–Crippen LogP) is 3.04. The van der Waals surface area contributed by atoms with E-state index in [0.717, 1.165) is 5.56 Å². The zero-order valence-electron chi connectivity index (χ0n) is 12.6.